The first-order chi connectivity index (χ1) is 9.81. The number of hydrogen-bond acceptors (Lipinski definition) is 4. The molecule has 2 saturated heterocycles. The number of fused-ring (bicyclic) bond motifs is 2. The zero-order valence-electron chi connectivity index (χ0n) is 12.0. The monoisotopic (exact) mass is 270 g/mol. The second kappa shape index (κ2) is 5.80. The molecule has 4 heteroatoms. The molecule has 3 rings (SSSR count). The van der Waals surface area contributed by atoms with Gasteiger partial charge in [0.15, 0.2) is 0 Å². The fourth-order valence-electron chi connectivity index (χ4n) is 3.70. The topological polar surface area (TPSA) is 52.0 Å². The number of rotatable bonds is 4. The van der Waals surface area contributed by atoms with Crippen LogP contribution in [0, 0.1) is 11.3 Å². The molecule has 0 amide bonds. The Morgan fingerprint density at radius 3 is 2.80 bits per heavy atom. The van der Waals surface area contributed by atoms with Crippen molar-refractivity contribution in [1.82, 2.24) is 10.3 Å². The number of hydrogen-bond donors (Lipinski definition) is 1. The van der Waals surface area contributed by atoms with E-state index in [1.807, 2.05) is 12.1 Å². The van der Waals surface area contributed by atoms with Crippen molar-refractivity contribution in [1.29, 1.82) is 5.26 Å². The van der Waals surface area contributed by atoms with Crippen LogP contribution in [0.5, 0.6) is 0 Å². The van der Waals surface area contributed by atoms with Crippen LogP contribution in [0.25, 0.3) is 0 Å². The molecule has 106 valence electrons. The first kappa shape index (κ1) is 13.4. The lowest BCUT2D eigenvalue weighted by atomic mass is 9.97. The molecule has 1 aromatic heterocycles. The zero-order valence-corrected chi connectivity index (χ0v) is 12.0. The molecule has 4 nitrogen and oxygen atoms in total. The maximum absolute atomic E-state index is 9.32. The van der Waals surface area contributed by atoms with Gasteiger partial charge in [0.1, 0.15) is 11.9 Å². The minimum atomic E-state index is 0.524. The van der Waals surface area contributed by atoms with E-state index in [0.717, 1.165) is 18.8 Å². The lowest BCUT2D eigenvalue weighted by molar-refractivity contribution is 0.345. The molecule has 0 spiro atoms. The van der Waals surface area contributed by atoms with Gasteiger partial charge in [-0.3, -0.25) is 0 Å². The van der Waals surface area contributed by atoms with Gasteiger partial charge in [0, 0.05) is 30.9 Å². The van der Waals surface area contributed by atoms with Crippen molar-refractivity contribution in [2.45, 2.75) is 57.2 Å². The van der Waals surface area contributed by atoms with E-state index in [4.69, 9.17) is 0 Å². The highest BCUT2D eigenvalue weighted by atomic mass is 15.2. The highest BCUT2D eigenvalue weighted by Gasteiger charge is 2.36. The van der Waals surface area contributed by atoms with E-state index in [9.17, 15) is 5.26 Å². The molecule has 2 aliphatic heterocycles. The van der Waals surface area contributed by atoms with Crippen molar-refractivity contribution in [3.8, 4) is 6.07 Å². The van der Waals surface area contributed by atoms with Gasteiger partial charge < -0.3 is 10.2 Å². The first-order valence-electron chi connectivity index (χ1n) is 7.69. The van der Waals surface area contributed by atoms with Crippen LogP contribution >= 0.6 is 0 Å². The number of nitrogens with zero attached hydrogens (tertiary/aromatic N) is 3. The Kier molecular flexibility index (Phi) is 3.88. The van der Waals surface area contributed by atoms with Crippen LogP contribution < -0.4 is 10.2 Å². The number of piperidine rings is 1. The quantitative estimate of drug-likeness (QED) is 0.913. The predicted molar refractivity (Wildman–Crippen MR) is 79.6 cm³/mol. The zero-order chi connectivity index (χ0) is 13.9. The van der Waals surface area contributed by atoms with E-state index < -0.39 is 0 Å². The minimum Gasteiger partial charge on any atom is -0.352 e. The molecule has 2 bridgehead atoms. The molecule has 2 fully saturated rings. The summed E-state index contributed by atoms with van der Waals surface area (Å²) in [6.45, 7) is 3.17. The first-order valence-corrected chi connectivity index (χ1v) is 7.69. The molecule has 0 aromatic carbocycles. The number of aromatic nitrogens is 1. The predicted octanol–water partition coefficient (Wildman–Crippen LogP) is 2.45. The van der Waals surface area contributed by atoms with Crippen LogP contribution in [0.4, 0.5) is 5.82 Å². The molecule has 0 saturated carbocycles. The SMILES string of the molecule is CCCN(c1ncccc1C#N)C1CC2CCC(C1)N2. The van der Waals surface area contributed by atoms with Gasteiger partial charge in [0.05, 0.1) is 5.56 Å². The molecule has 1 aromatic rings. The van der Waals surface area contributed by atoms with E-state index >= 15 is 0 Å². The van der Waals surface area contributed by atoms with Crippen LogP contribution in [0.15, 0.2) is 18.3 Å². The molecule has 2 aliphatic rings. The summed E-state index contributed by atoms with van der Waals surface area (Å²) in [5.74, 6) is 0.878. The smallest absolute Gasteiger partial charge is 0.146 e. The Morgan fingerprint density at radius 2 is 2.15 bits per heavy atom. The summed E-state index contributed by atoms with van der Waals surface area (Å²) in [5.41, 5.74) is 0.701. The standard InChI is InChI=1S/C16H22N4/c1-2-8-20(16-12(11-17)4-3-7-18-16)15-9-13-5-6-14(10-15)19-13/h3-4,7,13-15,19H,2,5-6,8-10H2,1H3. The number of nitrogens with one attached hydrogen (secondary N) is 1. The van der Waals surface area contributed by atoms with Crippen LogP contribution in [0.2, 0.25) is 0 Å². The van der Waals surface area contributed by atoms with Gasteiger partial charge >= 0.3 is 0 Å². The average Bonchev–Trinajstić information content (AvgIpc) is 2.83. The van der Waals surface area contributed by atoms with Gasteiger partial charge in [0.25, 0.3) is 0 Å². The molecule has 0 aliphatic carbocycles. The molecule has 0 radical (unpaired) electrons. The highest BCUT2D eigenvalue weighted by Crippen LogP contribution is 2.32. The van der Waals surface area contributed by atoms with Crippen molar-refractivity contribution in [3.63, 3.8) is 0 Å². The second-order valence-electron chi connectivity index (χ2n) is 5.94. The fraction of sp³-hybridized carbons (Fsp3) is 0.625. The molecule has 2 atom stereocenters. The van der Waals surface area contributed by atoms with Crippen LogP contribution in [-0.4, -0.2) is 29.7 Å². The maximum Gasteiger partial charge on any atom is 0.146 e. The summed E-state index contributed by atoms with van der Waals surface area (Å²) in [6, 6.07) is 7.86. The number of anilines is 1. The molecule has 1 N–H and O–H groups in total. The molecular formula is C16H22N4. The average molecular weight is 270 g/mol. The number of pyridine rings is 1. The van der Waals surface area contributed by atoms with Crippen LogP contribution in [-0.2, 0) is 0 Å². The van der Waals surface area contributed by atoms with Crippen molar-refractivity contribution >= 4 is 5.82 Å². The van der Waals surface area contributed by atoms with E-state index in [-0.39, 0.29) is 0 Å². The minimum absolute atomic E-state index is 0.524. The van der Waals surface area contributed by atoms with Crippen molar-refractivity contribution < 1.29 is 0 Å². The Bertz CT molecular complexity index is 495. The van der Waals surface area contributed by atoms with E-state index in [1.54, 1.807) is 6.20 Å². The summed E-state index contributed by atoms with van der Waals surface area (Å²) >= 11 is 0. The van der Waals surface area contributed by atoms with Gasteiger partial charge in [0.2, 0.25) is 0 Å². The normalized spacial score (nSPS) is 28.1. The third kappa shape index (κ3) is 2.51. The van der Waals surface area contributed by atoms with Gasteiger partial charge in [-0.05, 0) is 44.2 Å². The Hall–Kier alpha value is -1.60. The number of nitriles is 1. The Balaban J connectivity index is 1.87. The third-order valence-electron chi connectivity index (χ3n) is 4.53. The van der Waals surface area contributed by atoms with Crippen LogP contribution in [0.3, 0.4) is 0 Å². The summed E-state index contributed by atoms with van der Waals surface area (Å²) in [7, 11) is 0. The van der Waals surface area contributed by atoms with Gasteiger partial charge in [-0.15, -0.1) is 0 Å². The van der Waals surface area contributed by atoms with Gasteiger partial charge in [-0.25, -0.2) is 4.98 Å². The highest BCUT2D eigenvalue weighted by molar-refractivity contribution is 5.54. The maximum atomic E-state index is 9.32. The molecule has 20 heavy (non-hydrogen) atoms. The fourth-order valence-corrected chi connectivity index (χ4v) is 3.70. The molecule has 2 unspecified atom stereocenters. The summed E-state index contributed by atoms with van der Waals surface area (Å²) in [5, 5.41) is 13.0. The van der Waals surface area contributed by atoms with Crippen LogP contribution in [0.1, 0.15) is 44.6 Å². The van der Waals surface area contributed by atoms with Crippen molar-refractivity contribution in [2.24, 2.45) is 0 Å². The Morgan fingerprint density at radius 1 is 1.40 bits per heavy atom. The third-order valence-corrected chi connectivity index (χ3v) is 4.53. The van der Waals surface area contributed by atoms with Crippen molar-refractivity contribution in [3.05, 3.63) is 23.9 Å². The second-order valence-corrected chi connectivity index (χ2v) is 5.94. The van der Waals surface area contributed by atoms with E-state index in [0.29, 0.717) is 23.7 Å². The summed E-state index contributed by atoms with van der Waals surface area (Å²) in [4.78, 5) is 6.88. The van der Waals surface area contributed by atoms with Gasteiger partial charge in [-0.2, -0.15) is 5.26 Å². The largest absolute Gasteiger partial charge is 0.352 e. The van der Waals surface area contributed by atoms with E-state index in [2.05, 4.69) is 28.2 Å². The molecular weight excluding hydrogens is 248 g/mol. The summed E-state index contributed by atoms with van der Waals surface area (Å²) in [6.07, 6.45) is 7.84. The molecule has 3 heterocycles. The Labute approximate surface area is 120 Å². The van der Waals surface area contributed by atoms with Gasteiger partial charge in [-0.1, -0.05) is 6.92 Å². The lowest BCUT2D eigenvalue weighted by Gasteiger charge is -2.38. The van der Waals surface area contributed by atoms with E-state index in [1.165, 1.54) is 25.7 Å². The van der Waals surface area contributed by atoms with Crippen molar-refractivity contribution in [2.75, 3.05) is 11.4 Å². The summed E-state index contributed by atoms with van der Waals surface area (Å²) < 4.78 is 0. The lowest BCUT2D eigenvalue weighted by Crippen LogP contribution is -2.49.